The van der Waals surface area contributed by atoms with E-state index in [1.165, 1.54) is 18.0 Å². The Kier molecular flexibility index (Phi) is 3.99. The van der Waals surface area contributed by atoms with Crippen molar-refractivity contribution in [3.8, 4) is 5.75 Å². The fourth-order valence-corrected chi connectivity index (χ4v) is 2.01. The van der Waals surface area contributed by atoms with Gasteiger partial charge in [-0.1, -0.05) is 11.6 Å². The lowest BCUT2D eigenvalue weighted by Crippen LogP contribution is -2.58. The molecule has 0 aromatic heterocycles. The van der Waals surface area contributed by atoms with Crippen molar-refractivity contribution < 1.29 is 22.7 Å². The predicted octanol–water partition coefficient (Wildman–Crippen LogP) is 2.76. The molecule has 4 nitrogen and oxygen atoms in total. The van der Waals surface area contributed by atoms with Crippen LogP contribution in [0.2, 0.25) is 5.02 Å². The van der Waals surface area contributed by atoms with Crippen LogP contribution in [0.25, 0.3) is 0 Å². The Hall–Kier alpha value is -1.63. The Labute approximate surface area is 118 Å². The molecule has 20 heavy (non-hydrogen) atoms. The fraction of sp³-hybridized carbons (Fsp3) is 0.417. The minimum atomic E-state index is -4.44. The molecule has 0 atom stereocenters. The number of carbonyl (C=O) groups excluding carboxylic acids is 1. The summed E-state index contributed by atoms with van der Waals surface area (Å²) in [6.07, 6.45) is -4.70. The molecule has 0 unspecified atom stereocenters. The van der Waals surface area contributed by atoms with Crippen molar-refractivity contribution in [2.24, 2.45) is 0 Å². The van der Waals surface area contributed by atoms with Crippen molar-refractivity contribution in [3.05, 3.63) is 28.8 Å². The van der Waals surface area contributed by atoms with Crippen molar-refractivity contribution in [2.45, 2.75) is 12.3 Å². The van der Waals surface area contributed by atoms with Crippen molar-refractivity contribution >= 4 is 17.6 Å². The molecule has 2 amide bonds. The highest BCUT2D eigenvalue weighted by Gasteiger charge is 2.34. The van der Waals surface area contributed by atoms with Gasteiger partial charge in [0.2, 0.25) is 0 Å². The number of urea groups is 1. The molecular weight excluding hydrogens is 297 g/mol. The van der Waals surface area contributed by atoms with Crippen LogP contribution < -0.4 is 10.1 Å². The van der Waals surface area contributed by atoms with Gasteiger partial charge in [-0.3, -0.25) is 0 Å². The van der Waals surface area contributed by atoms with Gasteiger partial charge >= 0.3 is 12.2 Å². The van der Waals surface area contributed by atoms with E-state index in [1.54, 1.807) is 0 Å². The molecule has 110 valence electrons. The molecule has 1 N–H and O–H groups in total. The summed E-state index contributed by atoms with van der Waals surface area (Å²) in [6, 6.07) is 2.71. The number of alkyl halides is 3. The number of hydrogen-bond donors (Lipinski definition) is 1. The third kappa shape index (κ3) is 3.09. The Morgan fingerprint density at radius 2 is 2.10 bits per heavy atom. The van der Waals surface area contributed by atoms with E-state index in [9.17, 15) is 18.0 Å². The number of likely N-dealkylation sites (tertiary alicyclic amines) is 1. The van der Waals surface area contributed by atoms with E-state index in [-0.39, 0.29) is 22.9 Å². The number of nitrogens with one attached hydrogen (secondary N) is 1. The molecule has 0 radical (unpaired) electrons. The highest BCUT2D eigenvalue weighted by molar-refractivity contribution is 6.32. The number of nitrogens with zero attached hydrogens (tertiary/aromatic N) is 1. The Morgan fingerprint density at radius 1 is 1.45 bits per heavy atom. The first-order chi connectivity index (χ1) is 9.31. The highest BCUT2D eigenvalue weighted by Crippen LogP contribution is 2.35. The molecule has 1 aromatic carbocycles. The number of halogens is 4. The molecule has 1 aromatic rings. The molecular formula is C12H12ClF3N2O2. The van der Waals surface area contributed by atoms with E-state index < -0.39 is 11.7 Å². The van der Waals surface area contributed by atoms with E-state index in [1.807, 2.05) is 0 Å². The second kappa shape index (κ2) is 5.40. The average molecular weight is 309 g/mol. The molecule has 1 heterocycles. The number of ether oxygens (including phenoxy) is 1. The van der Waals surface area contributed by atoms with Crippen molar-refractivity contribution in [1.29, 1.82) is 0 Å². The van der Waals surface area contributed by atoms with E-state index in [4.69, 9.17) is 16.3 Å². The summed E-state index contributed by atoms with van der Waals surface area (Å²) >= 11 is 5.77. The lowest BCUT2D eigenvalue weighted by Gasteiger charge is -2.38. The van der Waals surface area contributed by atoms with Gasteiger partial charge in [0.25, 0.3) is 0 Å². The predicted molar refractivity (Wildman–Crippen MR) is 66.9 cm³/mol. The molecule has 0 spiro atoms. The molecule has 2 rings (SSSR count). The third-order valence-corrected chi connectivity index (χ3v) is 3.20. The number of carbonyl (C=O) groups is 1. The summed E-state index contributed by atoms with van der Waals surface area (Å²) in [5, 5.41) is 2.37. The minimum absolute atomic E-state index is 0.0989. The van der Waals surface area contributed by atoms with Gasteiger partial charge in [-0.15, -0.1) is 0 Å². The second-order valence-corrected chi connectivity index (χ2v) is 4.75. The van der Waals surface area contributed by atoms with Crippen LogP contribution in [0.4, 0.5) is 18.0 Å². The number of rotatable bonds is 2. The van der Waals surface area contributed by atoms with E-state index in [0.29, 0.717) is 13.1 Å². The molecule has 8 heteroatoms. The molecule has 1 aliphatic rings. The van der Waals surface area contributed by atoms with Crippen LogP contribution in [0.15, 0.2) is 18.2 Å². The SMILES string of the molecule is CNC(=O)N1CC(Oc2ccc(C(F)(F)F)cc2Cl)C1. The van der Waals surface area contributed by atoms with Crippen LogP contribution in [0.5, 0.6) is 5.75 Å². The fourth-order valence-electron chi connectivity index (χ4n) is 1.79. The Morgan fingerprint density at radius 3 is 2.60 bits per heavy atom. The van der Waals surface area contributed by atoms with Crippen LogP contribution in [0.3, 0.4) is 0 Å². The first-order valence-electron chi connectivity index (χ1n) is 5.81. The molecule has 0 aliphatic carbocycles. The van der Waals surface area contributed by atoms with E-state index >= 15 is 0 Å². The summed E-state index contributed by atoms with van der Waals surface area (Å²) in [5.41, 5.74) is -0.824. The zero-order chi connectivity index (χ0) is 14.9. The maximum absolute atomic E-state index is 12.5. The molecule has 1 fully saturated rings. The van der Waals surface area contributed by atoms with Gasteiger partial charge < -0.3 is 15.0 Å². The standard InChI is InChI=1S/C12H12ClF3N2O2/c1-17-11(19)18-5-8(6-18)20-10-3-2-7(4-9(10)13)12(14,15)16/h2-4,8H,5-6H2,1H3,(H,17,19). The molecule has 0 saturated carbocycles. The summed E-state index contributed by atoms with van der Waals surface area (Å²) in [5.74, 6) is 0.182. The number of amides is 2. The largest absolute Gasteiger partial charge is 0.485 e. The monoisotopic (exact) mass is 308 g/mol. The Balaban J connectivity index is 1.97. The summed E-state index contributed by atoms with van der Waals surface area (Å²) in [7, 11) is 1.52. The van der Waals surface area contributed by atoms with Crippen LogP contribution in [0, 0.1) is 0 Å². The Bertz CT molecular complexity index is 516. The smallest absolute Gasteiger partial charge is 0.416 e. The third-order valence-electron chi connectivity index (χ3n) is 2.90. The van der Waals surface area contributed by atoms with Gasteiger partial charge in [0.15, 0.2) is 0 Å². The van der Waals surface area contributed by atoms with Crippen LogP contribution in [0.1, 0.15) is 5.56 Å². The minimum Gasteiger partial charge on any atom is -0.485 e. The first-order valence-corrected chi connectivity index (χ1v) is 6.19. The maximum Gasteiger partial charge on any atom is 0.416 e. The van der Waals surface area contributed by atoms with Crippen molar-refractivity contribution in [2.75, 3.05) is 20.1 Å². The first kappa shape index (κ1) is 14.8. The lowest BCUT2D eigenvalue weighted by atomic mass is 10.1. The van der Waals surface area contributed by atoms with Crippen LogP contribution in [-0.4, -0.2) is 37.2 Å². The van der Waals surface area contributed by atoms with E-state index in [2.05, 4.69) is 5.32 Å². The normalized spacial score (nSPS) is 15.8. The molecule has 1 aliphatic heterocycles. The average Bonchev–Trinajstić information content (AvgIpc) is 2.32. The van der Waals surface area contributed by atoms with Gasteiger partial charge in [0.05, 0.1) is 23.7 Å². The van der Waals surface area contributed by atoms with Gasteiger partial charge in [-0.05, 0) is 18.2 Å². The molecule has 0 bridgehead atoms. The zero-order valence-electron chi connectivity index (χ0n) is 10.5. The van der Waals surface area contributed by atoms with Gasteiger partial charge in [-0.2, -0.15) is 13.2 Å². The maximum atomic E-state index is 12.5. The van der Waals surface area contributed by atoms with E-state index in [0.717, 1.165) is 12.1 Å². The quantitative estimate of drug-likeness (QED) is 0.913. The topological polar surface area (TPSA) is 41.6 Å². The van der Waals surface area contributed by atoms with Gasteiger partial charge in [0, 0.05) is 7.05 Å². The lowest BCUT2D eigenvalue weighted by molar-refractivity contribution is -0.137. The zero-order valence-corrected chi connectivity index (χ0v) is 11.3. The van der Waals surface area contributed by atoms with Crippen molar-refractivity contribution in [1.82, 2.24) is 10.2 Å². The number of benzene rings is 1. The highest BCUT2D eigenvalue weighted by atomic mass is 35.5. The molecule has 1 saturated heterocycles. The van der Waals surface area contributed by atoms with Gasteiger partial charge in [-0.25, -0.2) is 4.79 Å². The van der Waals surface area contributed by atoms with Crippen LogP contribution in [-0.2, 0) is 6.18 Å². The summed E-state index contributed by atoms with van der Waals surface area (Å²) in [4.78, 5) is 12.7. The van der Waals surface area contributed by atoms with Crippen LogP contribution >= 0.6 is 11.6 Å². The number of hydrogen-bond acceptors (Lipinski definition) is 2. The van der Waals surface area contributed by atoms with Gasteiger partial charge in [0.1, 0.15) is 11.9 Å². The second-order valence-electron chi connectivity index (χ2n) is 4.34. The summed E-state index contributed by atoms with van der Waals surface area (Å²) < 4.78 is 42.9. The summed E-state index contributed by atoms with van der Waals surface area (Å²) in [6.45, 7) is 0.744. The van der Waals surface area contributed by atoms with Crippen molar-refractivity contribution in [3.63, 3.8) is 0 Å².